The number of hydrogen-bond donors (Lipinski definition) is 2. The predicted octanol–water partition coefficient (Wildman–Crippen LogP) is 0.567. The second kappa shape index (κ2) is 11.4. The highest BCUT2D eigenvalue weighted by Crippen LogP contribution is 1.89. The van der Waals surface area contributed by atoms with Gasteiger partial charge >= 0.3 is 0 Å². The number of nitrogens with one attached hydrogen (secondary N) is 2. The lowest BCUT2D eigenvalue weighted by atomic mass is 10.6. The molecular weight excluding hydrogens is 373 g/mol. The van der Waals surface area contributed by atoms with Crippen LogP contribution in [0.4, 0.5) is 0 Å². The SMILES string of the molecule is CCNC(=NCCSC)NCCS(C)(=O)=O.I. The number of nitrogens with zero attached hydrogens (tertiary/aromatic N) is 1. The van der Waals surface area contributed by atoms with Gasteiger partial charge in [0.25, 0.3) is 0 Å². The molecule has 0 amide bonds. The molecule has 0 heterocycles. The summed E-state index contributed by atoms with van der Waals surface area (Å²) in [7, 11) is -2.91. The Morgan fingerprint density at radius 1 is 1.35 bits per heavy atom. The summed E-state index contributed by atoms with van der Waals surface area (Å²) in [5.74, 6) is 1.77. The van der Waals surface area contributed by atoms with E-state index < -0.39 is 9.84 Å². The van der Waals surface area contributed by atoms with Gasteiger partial charge in [-0.3, -0.25) is 4.99 Å². The van der Waals surface area contributed by atoms with Crippen molar-refractivity contribution in [1.82, 2.24) is 10.6 Å². The fourth-order valence-corrected chi connectivity index (χ4v) is 1.69. The van der Waals surface area contributed by atoms with E-state index in [0.29, 0.717) is 12.5 Å². The van der Waals surface area contributed by atoms with Gasteiger partial charge in [0, 0.05) is 25.1 Å². The van der Waals surface area contributed by atoms with E-state index in [1.165, 1.54) is 6.26 Å². The molecule has 0 rings (SSSR count). The predicted molar refractivity (Wildman–Crippen MR) is 87.5 cm³/mol. The summed E-state index contributed by atoms with van der Waals surface area (Å²) in [6.07, 6.45) is 3.26. The molecule has 104 valence electrons. The summed E-state index contributed by atoms with van der Waals surface area (Å²) in [6.45, 7) is 3.87. The molecule has 0 saturated carbocycles. The smallest absolute Gasteiger partial charge is 0.191 e. The lowest BCUT2D eigenvalue weighted by Gasteiger charge is -2.10. The van der Waals surface area contributed by atoms with Crippen LogP contribution < -0.4 is 10.6 Å². The van der Waals surface area contributed by atoms with Crippen LogP contribution in [0.1, 0.15) is 6.92 Å². The first-order chi connectivity index (χ1) is 7.49. The first-order valence-electron chi connectivity index (χ1n) is 5.18. The maximum atomic E-state index is 10.9. The van der Waals surface area contributed by atoms with Gasteiger partial charge in [-0.05, 0) is 13.2 Å². The van der Waals surface area contributed by atoms with Crippen molar-refractivity contribution in [3.05, 3.63) is 0 Å². The molecule has 0 aromatic heterocycles. The van der Waals surface area contributed by atoms with Gasteiger partial charge in [-0.15, -0.1) is 24.0 Å². The molecule has 0 saturated heterocycles. The molecule has 2 N–H and O–H groups in total. The summed E-state index contributed by atoms with van der Waals surface area (Å²) in [4.78, 5) is 4.30. The Morgan fingerprint density at radius 2 is 2.00 bits per heavy atom. The van der Waals surface area contributed by atoms with Crippen molar-refractivity contribution in [2.45, 2.75) is 6.92 Å². The molecule has 0 spiro atoms. The molecule has 8 heteroatoms. The van der Waals surface area contributed by atoms with E-state index in [0.717, 1.165) is 18.8 Å². The molecule has 5 nitrogen and oxygen atoms in total. The third-order valence-electron chi connectivity index (χ3n) is 1.67. The van der Waals surface area contributed by atoms with Gasteiger partial charge in [0.1, 0.15) is 9.84 Å². The molecule has 0 aromatic rings. The number of hydrogen-bond acceptors (Lipinski definition) is 4. The molecular formula is C9H22IN3O2S2. The van der Waals surface area contributed by atoms with E-state index >= 15 is 0 Å². The minimum absolute atomic E-state index is 0. The lowest BCUT2D eigenvalue weighted by Crippen LogP contribution is -2.39. The Labute approximate surface area is 126 Å². The van der Waals surface area contributed by atoms with Gasteiger partial charge in [0.15, 0.2) is 5.96 Å². The second-order valence-corrected chi connectivity index (χ2v) is 6.56. The van der Waals surface area contributed by atoms with E-state index in [9.17, 15) is 8.42 Å². The van der Waals surface area contributed by atoms with Crippen molar-refractivity contribution in [1.29, 1.82) is 0 Å². The first kappa shape index (κ1) is 19.6. The van der Waals surface area contributed by atoms with Crippen LogP contribution in [-0.2, 0) is 9.84 Å². The van der Waals surface area contributed by atoms with Crippen molar-refractivity contribution in [3.63, 3.8) is 0 Å². The van der Waals surface area contributed by atoms with E-state index in [-0.39, 0.29) is 29.7 Å². The summed E-state index contributed by atoms with van der Waals surface area (Å²) in [6, 6.07) is 0. The molecule has 0 aliphatic heterocycles. The van der Waals surface area contributed by atoms with Crippen molar-refractivity contribution >= 4 is 51.5 Å². The van der Waals surface area contributed by atoms with Crippen LogP contribution in [-0.4, -0.2) is 58.0 Å². The number of guanidine groups is 1. The molecule has 0 atom stereocenters. The third-order valence-corrected chi connectivity index (χ3v) is 3.21. The second-order valence-electron chi connectivity index (χ2n) is 3.31. The highest BCUT2D eigenvalue weighted by atomic mass is 127. The quantitative estimate of drug-likeness (QED) is 0.286. The third kappa shape index (κ3) is 14.2. The topological polar surface area (TPSA) is 70.6 Å². The Balaban J connectivity index is 0. The summed E-state index contributed by atoms with van der Waals surface area (Å²) in [5.41, 5.74) is 0. The number of halogens is 1. The maximum Gasteiger partial charge on any atom is 0.191 e. The minimum Gasteiger partial charge on any atom is -0.357 e. The molecule has 0 unspecified atom stereocenters. The van der Waals surface area contributed by atoms with Crippen LogP contribution in [0, 0.1) is 0 Å². The average Bonchev–Trinajstić information content (AvgIpc) is 2.16. The zero-order chi connectivity index (χ0) is 12.4. The summed E-state index contributed by atoms with van der Waals surface area (Å²) >= 11 is 1.73. The zero-order valence-electron chi connectivity index (χ0n) is 10.5. The van der Waals surface area contributed by atoms with Crippen molar-refractivity contribution in [3.8, 4) is 0 Å². The monoisotopic (exact) mass is 395 g/mol. The number of rotatable bonds is 7. The van der Waals surface area contributed by atoms with Crippen LogP contribution in [0.25, 0.3) is 0 Å². The molecule has 0 radical (unpaired) electrons. The maximum absolute atomic E-state index is 10.9. The summed E-state index contributed by atoms with van der Waals surface area (Å²) in [5, 5.41) is 6.05. The van der Waals surface area contributed by atoms with Gasteiger partial charge < -0.3 is 10.6 Å². The van der Waals surface area contributed by atoms with E-state index in [2.05, 4.69) is 15.6 Å². The van der Waals surface area contributed by atoms with Crippen LogP contribution in [0.3, 0.4) is 0 Å². The Kier molecular flexibility index (Phi) is 13.2. The molecule has 17 heavy (non-hydrogen) atoms. The standard InChI is InChI=1S/C9H21N3O2S2.HI/c1-4-10-9(11-5-7-15-2)12-6-8-16(3,13)14;/h4-8H2,1-3H3,(H2,10,11,12);1H. The fraction of sp³-hybridized carbons (Fsp3) is 0.889. The zero-order valence-corrected chi connectivity index (χ0v) is 14.5. The van der Waals surface area contributed by atoms with E-state index in [1.54, 1.807) is 11.8 Å². The van der Waals surface area contributed by atoms with Crippen molar-refractivity contribution in [2.75, 3.05) is 43.7 Å². The van der Waals surface area contributed by atoms with Gasteiger partial charge in [-0.25, -0.2) is 8.42 Å². The number of thioether (sulfide) groups is 1. The van der Waals surface area contributed by atoms with Crippen LogP contribution in [0.2, 0.25) is 0 Å². The van der Waals surface area contributed by atoms with Crippen LogP contribution in [0.15, 0.2) is 4.99 Å². The molecule has 0 fully saturated rings. The molecule has 0 aliphatic carbocycles. The summed E-state index contributed by atoms with van der Waals surface area (Å²) < 4.78 is 21.9. The number of aliphatic imine (C=N–C) groups is 1. The van der Waals surface area contributed by atoms with Crippen molar-refractivity contribution < 1.29 is 8.42 Å². The fourth-order valence-electron chi connectivity index (χ4n) is 0.945. The van der Waals surface area contributed by atoms with Gasteiger partial charge in [0.2, 0.25) is 0 Å². The van der Waals surface area contributed by atoms with E-state index in [1.807, 2.05) is 13.2 Å². The Hall–Kier alpha value is 0.300. The van der Waals surface area contributed by atoms with Crippen LogP contribution in [0.5, 0.6) is 0 Å². The Morgan fingerprint density at radius 3 is 2.47 bits per heavy atom. The first-order valence-corrected chi connectivity index (χ1v) is 8.64. The normalized spacial score (nSPS) is 11.8. The minimum atomic E-state index is -2.91. The lowest BCUT2D eigenvalue weighted by molar-refractivity contribution is 0.600. The Bertz CT molecular complexity index is 307. The van der Waals surface area contributed by atoms with Gasteiger partial charge in [0.05, 0.1) is 12.3 Å². The molecule has 0 aromatic carbocycles. The highest BCUT2D eigenvalue weighted by molar-refractivity contribution is 14.0. The van der Waals surface area contributed by atoms with Gasteiger partial charge in [-0.2, -0.15) is 11.8 Å². The molecule has 0 aliphatic rings. The van der Waals surface area contributed by atoms with E-state index in [4.69, 9.17) is 0 Å². The highest BCUT2D eigenvalue weighted by Gasteiger charge is 2.02. The average molecular weight is 395 g/mol. The van der Waals surface area contributed by atoms with Crippen LogP contribution >= 0.6 is 35.7 Å². The molecule has 0 bridgehead atoms. The largest absolute Gasteiger partial charge is 0.357 e. The van der Waals surface area contributed by atoms with Gasteiger partial charge in [-0.1, -0.05) is 0 Å². The van der Waals surface area contributed by atoms with Crippen molar-refractivity contribution in [2.24, 2.45) is 4.99 Å². The number of sulfone groups is 1.